The van der Waals surface area contributed by atoms with Crippen LogP contribution >= 0.6 is 15.9 Å². The van der Waals surface area contributed by atoms with Crippen molar-refractivity contribution in [2.24, 2.45) is 5.92 Å². The van der Waals surface area contributed by atoms with Gasteiger partial charge in [-0.25, -0.2) is 0 Å². The summed E-state index contributed by atoms with van der Waals surface area (Å²) >= 11 is 3.59. The molecule has 3 atom stereocenters. The van der Waals surface area contributed by atoms with Crippen molar-refractivity contribution in [3.05, 3.63) is 35.9 Å². The van der Waals surface area contributed by atoms with E-state index in [1.54, 1.807) is 0 Å². The summed E-state index contributed by atoms with van der Waals surface area (Å²) in [5.41, 5.74) is 1.33. The first-order chi connectivity index (χ1) is 9.81. The van der Waals surface area contributed by atoms with Gasteiger partial charge in [0.05, 0.1) is 0 Å². The molecule has 3 unspecified atom stereocenters. The number of nitrogens with zero attached hydrogens (tertiary/aromatic N) is 1. The zero-order valence-electron chi connectivity index (χ0n) is 11.8. The molecule has 20 heavy (non-hydrogen) atoms. The van der Waals surface area contributed by atoms with Crippen LogP contribution in [0, 0.1) is 5.92 Å². The normalized spacial score (nSPS) is 29.9. The molecule has 1 aromatic carbocycles. The summed E-state index contributed by atoms with van der Waals surface area (Å²) in [4.78, 5) is 14.9. The number of benzene rings is 1. The van der Waals surface area contributed by atoms with Crippen LogP contribution in [0.25, 0.3) is 0 Å². The lowest BCUT2D eigenvalue weighted by Gasteiger charge is -2.29. The summed E-state index contributed by atoms with van der Waals surface area (Å²) < 4.78 is 0. The monoisotopic (exact) mass is 335 g/mol. The van der Waals surface area contributed by atoms with Crippen molar-refractivity contribution in [3.63, 3.8) is 0 Å². The standard InChI is InChI=1S/C17H22BrNO/c18-12-14-9-5-2-6-10-19(14)17(20)16-11-15(16)13-7-3-1-4-8-13/h1,3-4,7-8,14-16H,2,5-6,9-12H2. The van der Waals surface area contributed by atoms with E-state index in [4.69, 9.17) is 0 Å². The highest BCUT2D eigenvalue weighted by Gasteiger charge is 2.46. The fraction of sp³-hybridized carbons (Fsp3) is 0.588. The molecule has 0 N–H and O–H groups in total. The van der Waals surface area contributed by atoms with Crippen LogP contribution in [0.5, 0.6) is 0 Å². The molecule has 1 amide bonds. The Balaban J connectivity index is 1.67. The van der Waals surface area contributed by atoms with E-state index in [0.717, 1.165) is 31.1 Å². The van der Waals surface area contributed by atoms with Crippen LogP contribution in [-0.4, -0.2) is 28.7 Å². The van der Waals surface area contributed by atoms with Gasteiger partial charge in [-0.05, 0) is 30.7 Å². The van der Waals surface area contributed by atoms with Crippen molar-refractivity contribution in [1.29, 1.82) is 0 Å². The number of rotatable bonds is 3. The van der Waals surface area contributed by atoms with Gasteiger partial charge < -0.3 is 4.90 Å². The predicted molar refractivity (Wildman–Crippen MR) is 85.1 cm³/mol. The first-order valence-electron chi connectivity index (χ1n) is 7.72. The third-order valence-electron chi connectivity index (χ3n) is 4.67. The Kier molecular flexibility index (Phi) is 4.45. The number of carbonyl (C=O) groups is 1. The van der Waals surface area contributed by atoms with Gasteiger partial charge in [0.25, 0.3) is 0 Å². The zero-order valence-corrected chi connectivity index (χ0v) is 13.4. The summed E-state index contributed by atoms with van der Waals surface area (Å²) in [5.74, 6) is 1.09. The average Bonchev–Trinajstić information content (AvgIpc) is 3.30. The molecule has 3 rings (SSSR count). The van der Waals surface area contributed by atoms with E-state index in [0.29, 0.717) is 17.9 Å². The second-order valence-corrected chi connectivity index (χ2v) is 6.70. The highest BCUT2D eigenvalue weighted by molar-refractivity contribution is 9.09. The molecular formula is C17H22BrNO. The number of alkyl halides is 1. The Morgan fingerprint density at radius 3 is 2.75 bits per heavy atom. The minimum Gasteiger partial charge on any atom is -0.339 e. The third-order valence-corrected chi connectivity index (χ3v) is 5.42. The second kappa shape index (κ2) is 6.30. The predicted octanol–water partition coefficient (Wildman–Crippen LogP) is 3.96. The minimum atomic E-state index is 0.233. The van der Waals surface area contributed by atoms with Crippen LogP contribution in [-0.2, 0) is 4.79 Å². The molecule has 0 radical (unpaired) electrons. The molecule has 0 spiro atoms. The Bertz CT molecular complexity index is 461. The van der Waals surface area contributed by atoms with E-state index in [9.17, 15) is 4.79 Å². The van der Waals surface area contributed by atoms with Crippen LogP contribution in [0.3, 0.4) is 0 Å². The first-order valence-corrected chi connectivity index (χ1v) is 8.85. The van der Waals surface area contributed by atoms with Crippen molar-refractivity contribution in [3.8, 4) is 0 Å². The van der Waals surface area contributed by atoms with E-state index >= 15 is 0 Å². The van der Waals surface area contributed by atoms with Crippen molar-refractivity contribution in [2.75, 3.05) is 11.9 Å². The van der Waals surface area contributed by atoms with E-state index in [-0.39, 0.29) is 5.92 Å². The molecule has 2 fully saturated rings. The van der Waals surface area contributed by atoms with E-state index in [1.807, 2.05) is 6.07 Å². The summed E-state index contributed by atoms with van der Waals surface area (Å²) in [7, 11) is 0. The van der Waals surface area contributed by atoms with E-state index < -0.39 is 0 Å². The van der Waals surface area contributed by atoms with E-state index in [1.165, 1.54) is 18.4 Å². The fourth-order valence-corrected chi connectivity index (χ4v) is 4.05. The first kappa shape index (κ1) is 14.1. The van der Waals surface area contributed by atoms with Crippen molar-refractivity contribution in [1.82, 2.24) is 4.90 Å². The molecule has 1 aromatic rings. The third kappa shape index (κ3) is 2.93. The van der Waals surface area contributed by atoms with Gasteiger partial charge >= 0.3 is 0 Å². The second-order valence-electron chi connectivity index (χ2n) is 6.05. The maximum Gasteiger partial charge on any atom is 0.226 e. The quantitative estimate of drug-likeness (QED) is 0.765. The van der Waals surface area contributed by atoms with Crippen LogP contribution < -0.4 is 0 Å². The van der Waals surface area contributed by atoms with Crippen LogP contribution in [0.2, 0.25) is 0 Å². The lowest BCUT2D eigenvalue weighted by atomic mass is 10.1. The molecule has 3 heteroatoms. The molecule has 0 aromatic heterocycles. The number of hydrogen-bond donors (Lipinski definition) is 0. The van der Waals surface area contributed by atoms with Gasteiger partial charge in [0, 0.05) is 23.8 Å². The summed E-state index contributed by atoms with van der Waals surface area (Å²) in [6.07, 6.45) is 5.87. The smallest absolute Gasteiger partial charge is 0.226 e. The Morgan fingerprint density at radius 2 is 2.00 bits per heavy atom. The molecule has 1 aliphatic carbocycles. The van der Waals surface area contributed by atoms with Crippen molar-refractivity contribution in [2.45, 2.75) is 44.1 Å². The zero-order chi connectivity index (χ0) is 13.9. The Labute approximate surface area is 129 Å². The molecule has 1 aliphatic heterocycles. The Morgan fingerprint density at radius 1 is 1.20 bits per heavy atom. The minimum absolute atomic E-state index is 0.233. The highest BCUT2D eigenvalue weighted by atomic mass is 79.9. The molecule has 1 heterocycles. The number of hydrogen-bond acceptors (Lipinski definition) is 1. The number of amides is 1. The SMILES string of the molecule is O=C(C1CC1c1ccccc1)N1CCCCCC1CBr. The molecular weight excluding hydrogens is 314 g/mol. The summed E-state index contributed by atoms with van der Waals surface area (Å²) in [6, 6.07) is 10.9. The van der Waals surface area contributed by atoms with Gasteiger partial charge in [-0.2, -0.15) is 0 Å². The van der Waals surface area contributed by atoms with Gasteiger partial charge in [0.15, 0.2) is 0 Å². The highest BCUT2D eigenvalue weighted by Crippen LogP contribution is 2.48. The average molecular weight is 336 g/mol. The number of likely N-dealkylation sites (tertiary alicyclic amines) is 1. The molecule has 108 valence electrons. The van der Waals surface area contributed by atoms with Gasteiger partial charge in [0.1, 0.15) is 0 Å². The lowest BCUT2D eigenvalue weighted by molar-refractivity contribution is -0.134. The van der Waals surface area contributed by atoms with Gasteiger partial charge in [-0.1, -0.05) is 59.1 Å². The maximum atomic E-state index is 12.8. The Hall–Kier alpha value is -0.830. The van der Waals surface area contributed by atoms with Gasteiger partial charge in [0.2, 0.25) is 5.91 Å². The van der Waals surface area contributed by atoms with Crippen molar-refractivity contribution < 1.29 is 4.79 Å². The summed E-state index contributed by atoms with van der Waals surface area (Å²) in [5, 5.41) is 0.918. The van der Waals surface area contributed by atoms with Gasteiger partial charge in [-0.3, -0.25) is 4.79 Å². The topological polar surface area (TPSA) is 20.3 Å². The van der Waals surface area contributed by atoms with E-state index in [2.05, 4.69) is 45.1 Å². The molecule has 1 saturated heterocycles. The number of halogens is 1. The number of carbonyl (C=O) groups excluding carboxylic acids is 1. The summed E-state index contributed by atoms with van der Waals surface area (Å²) in [6.45, 7) is 0.951. The molecule has 2 aliphatic rings. The van der Waals surface area contributed by atoms with Crippen molar-refractivity contribution >= 4 is 21.8 Å². The largest absolute Gasteiger partial charge is 0.339 e. The molecule has 1 saturated carbocycles. The molecule has 2 nitrogen and oxygen atoms in total. The fourth-order valence-electron chi connectivity index (χ4n) is 3.38. The maximum absolute atomic E-state index is 12.8. The van der Waals surface area contributed by atoms with Crippen LogP contribution in [0.15, 0.2) is 30.3 Å². The van der Waals surface area contributed by atoms with Gasteiger partial charge in [-0.15, -0.1) is 0 Å². The van der Waals surface area contributed by atoms with Crippen LogP contribution in [0.1, 0.15) is 43.6 Å². The lowest BCUT2D eigenvalue weighted by Crippen LogP contribution is -2.42. The molecule has 0 bridgehead atoms. The van der Waals surface area contributed by atoms with Crippen LogP contribution in [0.4, 0.5) is 0 Å².